The Kier molecular flexibility index (Phi) is 9.10. The highest BCUT2D eigenvalue weighted by Crippen LogP contribution is 2.51. The molecule has 0 N–H and O–H groups in total. The van der Waals surface area contributed by atoms with Gasteiger partial charge in [0.05, 0.1) is 55.5 Å². The molecule has 14 rings (SSSR count). The topological polar surface area (TPSA) is 42.8 Å². The van der Waals surface area contributed by atoms with Crippen molar-refractivity contribution in [2.45, 2.75) is 52.4 Å². The van der Waals surface area contributed by atoms with Crippen molar-refractivity contribution in [3.63, 3.8) is 0 Å². The predicted molar refractivity (Wildman–Crippen MR) is 358 cm³/mol. The van der Waals surface area contributed by atoms with Crippen LogP contribution in [0.3, 0.4) is 0 Å². The molecule has 0 saturated heterocycles. The van der Waals surface area contributed by atoms with E-state index < -0.39 is 126 Å². The zero-order valence-corrected chi connectivity index (χ0v) is 47.8. The van der Waals surface area contributed by atoms with Gasteiger partial charge >= 0.3 is 0 Å². The molecule has 0 fully saturated rings. The lowest BCUT2D eigenvalue weighted by molar-refractivity contribution is 0.483. The smallest absolute Gasteiger partial charge is 0.143 e. The largest absolute Gasteiger partial charge is 0.457 e. The molecule has 0 atom stereocenters. The van der Waals surface area contributed by atoms with Crippen LogP contribution in [-0.4, -0.2) is 16.2 Å². The summed E-state index contributed by atoms with van der Waals surface area (Å²) in [5.41, 5.74) is 5.67. The van der Waals surface area contributed by atoms with Crippen LogP contribution in [-0.2, 0) is 10.8 Å². The molecule has 13 aromatic rings. The molecule has 2 aromatic heterocycles. The number of anilines is 4. The third-order valence-electron chi connectivity index (χ3n) is 15.4. The molecule has 6 heteroatoms. The second kappa shape index (κ2) is 22.0. The fraction of sp³-hybridized carbons (Fsp3) is 0.113. The van der Waals surface area contributed by atoms with Crippen LogP contribution in [0.25, 0.3) is 83.3 Å². The molecule has 0 saturated carbocycles. The van der Waals surface area contributed by atoms with Crippen LogP contribution in [0.15, 0.2) is 279 Å². The van der Waals surface area contributed by atoms with Gasteiger partial charge in [-0.1, -0.05) is 235 Å². The summed E-state index contributed by atoms with van der Waals surface area (Å²) >= 11 is 0. The van der Waals surface area contributed by atoms with E-state index in [9.17, 15) is 2.74 Å². The first-order valence-electron chi connectivity index (χ1n) is 38.0. The van der Waals surface area contributed by atoms with E-state index in [4.69, 9.17) is 39.1 Å². The fourth-order valence-electron chi connectivity index (χ4n) is 11.2. The van der Waals surface area contributed by atoms with Crippen molar-refractivity contribution in [2.24, 2.45) is 0 Å². The maximum atomic E-state index is 9.25. The molecular formula is C80H66N4O2. The number of fused-ring (bicyclic) bond motifs is 4. The number of aromatic nitrogens is 2. The molecule has 0 unspecified atom stereocenters. The van der Waals surface area contributed by atoms with E-state index in [1.54, 1.807) is 72.9 Å². The average molecular weight is 1140 g/mol. The summed E-state index contributed by atoms with van der Waals surface area (Å²) in [6.45, 7) is 12.3. The third-order valence-corrected chi connectivity index (χ3v) is 15.4. The molecule has 0 spiro atoms. The van der Waals surface area contributed by atoms with Gasteiger partial charge in [0.25, 0.3) is 0 Å². The highest BCUT2D eigenvalue weighted by molar-refractivity contribution is 6.10. The van der Waals surface area contributed by atoms with Crippen LogP contribution in [0.4, 0.5) is 22.7 Å². The van der Waals surface area contributed by atoms with Gasteiger partial charge in [-0.05, 0) is 116 Å². The number of ether oxygens (including phenoxy) is 2. The molecule has 11 aromatic carbocycles. The third kappa shape index (κ3) is 10.2. The van der Waals surface area contributed by atoms with Gasteiger partial charge in [-0.15, -0.1) is 0 Å². The van der Waals surface area contributed by atoms with Crippen LogP contribution >= 0.6 is 0 Å². The van der Waals surface area contributed by atoms with Crippen molar-refractivity contribution in [2.75, 3.05) is 16.5 Å². The van der Waals surface area contributed by atoms with Gasteiger partial charge in [0.15, 0.2) is 0 Å². The Morgan fingerprint density at radius 1 is 0.395 bits per heavy atom. The lowest BCUT2D eigenvalue weighted by Gasteiger charge is -2.27. The quantitative estimate of drug-likeness (QED) is 0.122. The van der Waals surface area contributed by atoms with Crippen LogP contribution < -0.4 is 19.3 Å². The minimum absolute atomic E-state index is 0.0142. The molecule has 86 heavy (non-hydrogen) atoms. The summed E-state index contributed by atoms with van der Waals surface area (Å²) in [6, 6.07) is 34.8. The van der Waals surface area contributed by atoms with Crippen LogP contribution in [0.2, 0.25) is 0 Å². The van der Waals surface area contributed by atoms with Crippen molar-refractivity contribution >= 4 is 44.6 Å². The number of para-hydroxylation sites is 4. The van der Waals surface area contributed by atoms with Crippen LogP contribution in [0.1, 0.15) is 80.1 Å². The van der Waals surface area contributed by atoms with E-state index in [-0.39, 0.29) is 68.2 Å². The van der Waals surface area contributed by atoms with Crippen molar-refractivity contribution < 1.29 is 36.9 Å². The van der Waals surface area contributed by atoms with E-state index in [0.717, 1.165) is 27.4 Å². The Balaban J connectivity index is 0.888. The molecule has 0 radical (unpaired) electrons. The van der Waals surface area contributed by atoms with Gasteiger partial charge < -0.3 is 19.3 Å². The molecular weight excluding hydrogens is 1050 g/mol. The summed E-state index contributed by atoms with van der Waals surface area (Å²) in [4.78, 5) is 8.80. The van der Waals surface area contributed by atoms with Gasteiger partial charge in [0.1, 0.15) is 35.5 Å². The molecule has 3 heterocycles. The zero-order chi connectivity index (χ0) is 75.9. The molecule has 0 bridgehead atoms. The average Bonchev–Trinajstić information content (AvgIpc) is 0.888. The second-order valence-electron chi connectivity index (χ2n) is 23.0. The van der Waals surface area contributed by atoms with Crippen LogP contribution in [0, 0.1) is 0 Å². The molecule has 0 aliphatic carbocycles. The molecule has 1 aliphatic rings. The first-order valence-corrected chi connectivity index (χ1v) is 28.0. The number of rotatable bonds is 12. The van der Waals surface area contributed by atoms with E-state index >= 15 is 0 Å². The summed E-state index contributed by atoms with van der Waals surface area (Å²) in [7, 11) is 0. The standard InChI is InChI=1S/C80H66N4O2/c1-79(2,3)60-40-43-72-71(49-60)70-42-41-64(85-63-33-21-32-62(50-63)82-53-83(74-39-20-19-38-73(74)82)77-66(55-26-13-8-14-27-55)34-22-35-67(77)56-28-15-9-16-29-56)51-75(70)84(72)76-52-65(44-45-81-76)86-78-68(57-30-17-10-18-31-57)36-23-37-69(78)59-46-58(54-24-11-7-12-25-54)47-61(48-59)80(4,5)6/h7-52H,53H2,1-6H3/i7D,8D,9D,10D,11D,12D,13D,14D,15D,16D,17D,18D,24D,25D,26D,27D,28D,29D,30D,31D. The monoisotopic (exact) mass is 1130 g/mol. The Hall–Kier alpha value is -10.4. The van der Waals surface area contributed by atoms with E-state index in [1.165, 1.54) is 0 Å². The van der Waals surface area contributed by atoms with Crippen molar-refractivity contribution in [1.82, 2.24) is 9.55 Å². The highest BCUT2D eigenvalue weighted by Gasteiger charge is 2.32. The Labute approximate surface area is 532 Å². The van der Waals surface area contributed by atoms with E-state index in [0.29, 0.717) is 56.6 Å². The second-order valence-corrected chi connectivity index (χ2v) is 23.0. The van der Waals surface area contributed by atoms with Crippen molar-refractivity contribution in [1.29, 1.82) is 0 Å². The Bertz CT molecular complexity index is 5700. The van der Waals surface area contributed by atoms with E-state index in [1.807, 2.05) is 108 Å². The normalized spacial score (nSPS) is 15.7. The maximum Gasteiger partial charge on any atom is 0.143 e. The highest BCUT2D eigenvalue weighted by atomic mass is 16.5. The molecule has 418 valence electrons. The number of hydrogen-bond acceptors (Lipinski definition) is 5. The number of nitrogens with zero attached hydrogens (tertiary/aromatic N) is 4. The zero-order valence-electron chi connectivity index (χ0n) is 67.8. The predicted octanol–water partition coefficient (Wildman–Crippen LogP) is 21.9. The minimum Gasteiger partial charge on any atom is -0.457 e. The first kappa shape index (κ1) is 35.6. The first-order chi connectivity index (χ1) is 50.2. The van der Waals surface area contributed by atoms with E-state index in [2.05, 4.69) is 32.9 Å². The molecule has 1 aliphatic heterocycles. The maximum absolute atomic E-state index is 9.25. The lowest BCUT2D eigenvalue weighted by Crippen LogP contribution is -2.24. The van der Waals surface area contributed by atoms with Crippen molar-refractivity contribution in [3.05, 3.63) is 290 Å². The minimum atomic E-state index is -0.598. The molecule has 0 amide bonds. The Morgan fingerprint density at radius 3 is 1.58 bits per heavy atom. The van der Waals surface area contributed by atoms with Crippen LogP contribution in [0.5, 0.6) is 23.0 Å². The summed E-state index contributed by atoms with van der Waals surface area (Å²) in [5, 5.41) is 1.74. The number of benzene rings is 11. The van der Waals surface area contributed by atoms with Gasteiger partial charge in [-0.2, -0.15) is 0 Å². The van der Waals surface area contributed by atoms with Gasteiger partial charge in [-0.3, -0.25) is 4.57 Å². The lowest BCUT2D eigenvalue weighted by atomic mass is 9.83. The summed E-state index contributed by atoms with van der Waals surface area (Å²) in [6.07, 6.45) is 1.57. The van der Waals surface area contributed by atoms with Crippen molar-refractivity contribution in [3.8, 4) is 84.5 Å². The summed E-state index contributed by atoms with van der Waals surface area (Å²) < 4.78 is 193. The summed E-state index contributed by atoms with van der Waals surface area (Å²) in [5.74, 6) is 1.53. The van der Waals surface area contributed by atoms with Gasteiger partial charge in [-0.25, -0.2) is 4.98 Å². The Morgan fingerprint density at radius 2 is 0.942 bits per heavy atom. The molecule has 6 nitrogen and oxygen atoms in total. The number of pyridine rings is 1. The van der Waals surface area contributed by atoms with Gasteiger partial charge in [0, 0.05) is 63.1 Å². The van der Waals surface area contributed by atoms with Gasteiger partial charge in [0.2, 0.25) is 0 Å². The SMILES string of the molecule is [2H]c1c([2H])c([2H])c(-c2cc(-c3cccc(-c4c([2H])c([2H])c([2H])c([2H])c4[2H])c3Oc3ccnc(-n4c5ccc(C(C)(C)C)cc5c5ccc(Oc6cccc(N7CN(c8c(-c9c([2H])c([2H])c([2H])c([2H])c9[2H])cccc8-c8c([2H])c([2H])c([2H])c([2H])c8[2H])c8ccccc87)c6)cc54)c3)cc(C(C)(C)C)c2)c([2H])c1[2H]. The fourth-order valence-corrected chi connectivity index (χ4v) is 11.2. The number of hydrogen-bond donors (Lipinski definition) is 0.